The van der Waals surface area contributed by atoms with Crippen LogP contribution in [0.3, 0.4) is 0 Å². The van der Waals surface area contributed by atoms with Crippen molar-refractivity contribution in [2.24, 2.45) is 5.41 Å². The summed E-state index contributed by atoms with van der Waals surface area (Å²) in [6.45, 7) is 4.91. The summed E-state index contributed by atoms with van der Waals surface area (Å²) >= 11 is 13.2. The lowest BCUT2D eigenvalue weighted by atomic mass is 9.94. The van der Waals surface area contributed by atoms with Gasteiger partial charge in [-0.05, 0) is 39.0 Å². The number of carbonyl (C=O) groups is 2. The Morgan fingerprint density at radius 3 is 2.57 bits per heavy atom. The van der Waals surface area contributed by atoms with Crippen LogP contribution >= 0.6 is 35.0 Å². The second kappa shape index (κ2) is 7.38. The highest BCUT2D eigenvalue weighted by Gasteiger charge is 2.28. The summed E-state index contributed by atoms with van der Waals surface area (Å²) < 4.78 is 0. The highest BCUT2D eigenvalue weighted by Crippen LogP contribution is 2.32. The maximum absolute atomic E-state index is 12.0. The number of amides is 1. The summed E-state index contributed by atoms with van der Waals surface area (Å²) in [5, 5.41) is 12.3. The van der Waals surface area contributed by atoms with Gasteiger partial charge >= 0.3 is 5.97 Å². The molecule has 0 saturated carbocycles. The summed E-state index contributed by atoms with van der Waals surface area (Å²) in [6, 6.07) is 5.04. The maximum Gasteiger partial charge on any atom is 0.310 e. The average Bonchev–Trinajstić information content (AvgIpc) is 2.40. The number of thioether (sulfide) groups is 1. The zero-order valence-electron chi connectivity index (χ0n) is 11.9. The second-order valence-corrected chi connectivity index (χ2v) is 7.47. The van der Waals surface area contributed by atoms with E-state index in [1.54, 1.807) is 39.0 Å². The molecule has 1 amide bonds. The zero-order chi connectivity index (χ0) is 16.2. The number of rotatable bonds is 6. The van der Waals surface area contributed by atoms with Crippen LogP contribution in [0.25, 0.3) is 0 Å². The zero-order valence-corrected chi connectivity index (χ0v) is 14.3. The molecule has 0 aliphatic rings. The summed E-state index contributed by atoms with van der Waals surface area (Å²) in [6.07, 6.45) is 0. The van der Waals surface area contributed by atoms with Gasteiger partial charge in [-0.3, -0.25) is 9.59 Å². The molecule has 0 aromatic heterocycles. The van der Waals surface area contributed by atoms with E-state index in [1.165, 1.54) is 11.8 Å². The third kappa shape index (κ3) is 5.41. The van der Waals surface area contributed by atoms with Gasteiger partial charge in [0.15, 0.2) is 0 Å². The van der Waals surface area contributed by atoms with Gasteiger partial charge in [0.1, 0.15) is 0 Å². The first kappa shape index (κ1) is 18.1. The lowest BCUT2D eigenvalue weighted by Crippen LogP contribution is -2.41. The smallest absolute Gasteiger partial charge is 0.310 e. The van der Waals surface area contributed by atoms with Crippen molar-refractivity contribution in [3.05, 3.63) is 28.2 Å². The molecule has 7 heteroatoms. The van der Waals surface area contributed by atoms with Crippen LogP contribution in [-0.4, -0.2) is 28.8 Å². The Bertz CT molecular complexity index is 549. The van der Waals surface area contributed by atoms with Crippen LogP contribution in [0.1, 0.15) is 20.8 Å². The molecule has 0 aliphatic carbocycles. The number of hydrogen-bond acceptors (Lipinski definition) is 3. The minimum atomic E-state index is -1.01. The Kier molecular flexibility index (Phi) is 6.38. The van der Waals surface area contributed by atoms with Gasteiger partial charge in [0.2, 0.25) is 5.91 Å². The molecule has 1 aromatic rings. The van der Waals surface area contributed by atoms with Crippen molar-refractivity contribution in [1.29, 1.82) is 0 Å². The van der Waals surface area contributed by atoms with E-state index in [4.69, 9.17) is 28.3 Å². The van der Waals surface area contributed by atoms with E-state index in [2.05, 4.69) is 5.32 Å². The first-order valence-corrected chi connectivity index (χ1v) is 7.90. The minimum Gasteiger partial charge on any atom is -0.481 e. The number of carbonyl (C=O) groups excluding carboxylic acids is 1. The van der Waals surface area contributed by atoms with Crippen molar-refractivity contribution in [3.63, 3.8) is 0 Å². The predicted octanol–water partition coefficient (Wildman–Crippen LogP) is 3.70. The minimum absolute atomic E-state index is 0.0648. The average molecular weight is 350 g/mol. The molecule has 0 bridgehead atoms. The summed E-state index contributed by atoms with van der Waals surface area (Å²) in [4.78, 5) is 23.7. The van der Waals surface area contributed by atoms with Crippen molar-refractivity contribution in [1.82, 2.24) is 5.32 Å². The monoisotopic (exact) mass is 349 g/mol. The molecule has 0 heterocycles. The largest absolute Gasteiger partial charge is 0.481 e. The third-order valence-electron chi connectivity index (χ3n) is 2.85. The van der Waals surface area contributed by atoms with Crippen LogP contribution < -0.4 is 5.32 Å². The fraction of sp³-hybridized carbons (Fsp3) is 0.429. The Morgan fingerprint density at radius 1 is 1.38 bits per heavy atom. The van der Waals surface area contributed by atoms with Crippen molar-refractivity contribution < 1.29 is 14.7 Å². The molecule has 21 heavy (non-hydrogen) atoms. The number of nitrogens with one attached hydrogen (secondary N) is 1. The molecule has 0 aliphatic heterocycles. The lowest BCUT2D eigenvalue weighted by molar-refractivity contribution is -0.146. The number of aliphatic carboxylic acids is 1. The molecule has 1 aromatic carbocycles. The van der Waals surface area contributed by atoms with E-state index >= 15 is 0 Å². The first-order valence-electron chi connectivity index (χ1n) is 6.26. The highest BCUT2D eigenvalue weighted by atomic mass is 35.5. The lowest BCUT2D eigenvalue weighted by Gasteiger charge is -2.21. The molecule has 1 rings (SSSR count). The van der Waals surface area contributed by atoms with Gasteiger partial charge in [0.05, 0.1) is 15.7 Å². The van der Waals surface area contributed by atoms with Crippen LogP contribution in [0.5, 0.6) is 0 Å². The maximum atomic E-state index is 12.0. The number of carboxylic acid groups (broad SMARTS) is 1. The van der Waals surface area contributed by atoms with Crippen molar-refractivity contribution >= 4 is 46.8 Å². The molecule has 4 nitrogen and oxygen atoms in total. The Balaban J connectivity index is 2.63. The Hall–Kier alpha value is -0.910. The predicted molar refractivity (Wildman–Crippen MR) is 86.2 cm³/mol. The van der Waals surface area contributed by atoms with Gasteiger partial charge in [-0.25, -0.2) is 0 Å². The number of benzene rings is 1. The van der Waals surface area contributed by atoms with Crippen LogP contribution in [-0.2, 0) is 9.59 Å². The molecule has 0 saturated heterocycles. The van der Waals surface area contributed by atoms with E-state index in [9.17, 15) is 9.59 Å². The van der Waals surface area contributed by atoms with E-state index in [0.717, 1.165) is 0 Å². The third-order valence-corrected chi connectivity index (χ3v) is 4.69. The topological polar surface area (TPSA) is 66.4 Å². The van der Waals surface area contributed by atoms with Gasteiger partial charge < -0.3 is 10.4 Å². The molecule has 116 valence electrons. The fourth-order valence-electron chi connectivity index (χ4n) is 1.34. The second-order valence-electron chi connectivity index (χ2n) is 5.24. The van der Waals surface area contributed by atoms with Crippen LogP contribution in [0.4, 0.5) is 0 Å². The number of carboxylic acids is 1. The Morgan fingerprint density at radius 2 is 2.00 bits per heavy atom. The molecular weight excluding hydrogens is 333 g/mol. The van der Waals surface area contributed by atoms with E-state index in [0.29, 0.717) is 14.9 Å². The summed E-state index contributed by atoms with van der Waals surface area (Å²) in [5.41, 5.74) is -1.01. The molecular formula is C14H17Cl2NO3S. The molecule has 2 N–H and O–H groups in total. The first-order chi connectivity index (χ1) is 9.63. The van der Waals surface area contributed by atoms with Gasteiger partial charge in [0.25, 0.3) is 0 Å². The molecule has 1 atom stereocenters. The van der Waals surface area contributed by atoms with Gasteiger partial charge in [-0.1, -0.05) is 23.2 Å². The van der Waals surface area contributed by atoms with Gasteiger partial charge in [-0.15, -0.1) is 11.8 Å². The molecule has 0 fully saturated rings. The van der Waals surface area contributed by atoms with Crippen LogP contribution in [0.15, 0.2) is 23.1 Å². The van der Waals surface area contributed by atoms with Crippen LogP contribution in [0, 0.1) is 5.41 Å². The van der Waals surface area contributed by atoms with E-state index in [1.807, 2.05) is 0 Å². The van der Waals surface area contributed by atoms with E-state index < -0.39 is 16.6 Å². The number of halogens is 2. The standard InChI is InChI=1S/C14H17Cl2NO3S/c1-8(12(18)17-7-14(2,3)13(19)20)21-11-6-9(15)4-5-10(11)16/h4-6,8H,7H2,1-3H3,(H,17,18)(H,19,20). The molecule has 1 unspecified atom stereocenters. The van der Waals surface area contributed by atoms with E-state index in [-0.39, 0.29) is 12.5 Å². The quantitative estimate of drug-likeness (QED) is 0.768. The fourth-order valence-corrected chi connectivity index (χ4v) is 2.77. The number of hydrogen-bond donors (Lipinski definition) is 2. The molecule has 0 spiro atoms. The van der Waals surface area contributed by atoms with Gasteiger partial charge in [0, 0.05) is 16.5 Å². The Labute approximate surface area is 138 Å². The van der Waals surface area contributed by atoms with Crippen molar-refractivity contribution in [2.45, 2.75) is 30.9 Å². The van der Waals surface area contributed by atoms with Crippen LogP contribution in [0.2, 0.25) is 10.0 Å². The van der Waals surface area contributed by atoms with Crippen molar-refractivity contribution in [3.8, 4) is 0 Å². The van der Waals surface area contributed by atoms with Gasteiger partial charge in [-0.2, -0.15) is 0 Å². The summed E-state index contributed by atoms with van der Waals surface area (Å²) in [5.74, 6) is -1.20. The van der Waals surface area contributed by atoms with Crippen molar-refractivity contribution in [2.75, 3.05) is 6.54 Å². The normalized spacial score (nSPS) is 12.8. The summed E-state index contributed by atoms with van der Waals surface area (Å²) in [7, 11) is 0. The highest BCUT2D eigenvalue weighted by molar-refractivity contribution is 8.00. The SMILES string of the molecule is CC(Sc1cc(Cl)ccc1Cl)C(=O)NCC(C)(C)C(=O)O. The molecule has 0 radical (unpaired) electrons.